The molecule has 0 aliphatic heterocycles. The molecule has 32 heavy (non-hydrogen) atoms. The van der Waals surface area contributed by atoms with Gasteiger partial charge < -0.3 is 9.47 Å². The normalized spacial score (nSPS) is 10.8. The molecule has 0 amide bonds. The van der Waals surface area contributed by atoms with Crippen molar-refractivity contribution in [1.29, 1.82) is 0 Å². The summed E-state index contributed by atoms with van der Waals surface area (Å²) >= 11 is 0. The van der Waals surface area contributed by atoms with Gasteiger partial charge in [0.2, 0.25) is 5.78 Å². The molecule has 160 valence electrons. The van der Waals surface area contributed by atoms with Crippen LogP contribution in [0.3, 0.4) is 0 Å². The van der Waals surface area contributed by atoms with E-state index >= 15 is 0 Å². The number of ether oxygens (including phenoxy) is 2. The van der Waals surface area contributed by atoms with Crippen molar-refractivity contribution in [2.24, 2.45) is 0 Å². The molecule has 0 saturated heterocycles. The number of esters is 2. The van der Waals surface area contributed by atoms with Crippen molar-refractivity contribution >= 4 is 39.7 Å². The Bertz CT molecular complexity index is 1420. The van der Waals surface area contributed by atoms with Crippen LogP contribution in [-0.4, -0.2) is 46.5 Å². The van der Waals surface area contributed by atoms with Gasteiger partial charge in [0.15, 0.2) is 0 Å². The number of nitro benzene ring substituents is 1. The van der Waals surface area contributed by atoms with Gasteiger partial charge in [0.25, 0.3) is 5.69 Å². The number of carbonyl (C=O) groups is 3. The second-order valence-electron chi connectivity index (χ2n) is 6.71. The van der Waals surface area contributed by atoms with E-state index in [1.807, 2.05) is 0 Å². The predicted molar refractivity (Wildman–Crippen MR) is 112 cm³/mol. The van der Waals surface area contributed by atoms with E-state index in [-0.39, 0.29) is 33.6 Å². The van der Waals surface area contributed by atoms with Gasteiger partial charge in [0.1, 0.15) is 16.8 Å². The minimum absolute atomic E-state index is 0.0616. The Kier molecular flexibility index (Phi) is 5.11. The van der Waals surface area contributed by atoms with Gasteiger partial charge in [-0.1, -0.05) is 24.3 Å². The fraction of sp³-hybridized carbons (Fsp3) is 0.0909. The number of nitro groups is 1. The number of hydrogen-bond donors (Lipinski definition) is 0. The van der Waals surface area contributed by atoms with Crippen molar-refractivity contribution in [3.05, 3.63) is 87.2 Å². The van der Waals surface area contributed by atoms with E-state index in [2.05, 4.69) is 5.10 Å². The van der Waals surface area contributed by atoms with E-state index in [9.17, 15) is 24.5 Å². The summed E-state index contributed by atoms with van der Waals surface area (Å²) < 4.78 is 11.0. The zero-order valence-corrected chi connectivity index (χ0v) is 16.9. The number of nitrogens with zero attached hydrogens (tertiary/aromatic N) is 3. The van der Waals surface area contributed by atoms with Gasteiger partial charge in [0, 0.05) is 28.5 Å². The number of fused-ring (bicyclic) bond motifs is 3. The highest BCUT2D eigenvalue weighted by Crippen LogP contribution is 2.32. The lowest BCUT2D eigenvalue weighted by atomic mass is 10.0. The summed E-state index contributed by atoms with van der Waals surface area (Å²) in [6.45, 7) is 0. The number of non-ortho nitro benzene ring substituents is 1. The smallest absolute Gasteiger partial charge is 0.341 e. The fourth-order valence-corrected chi connectivity index (χ4v) is 3.55. The fourth-order valence-electron chi connectivity index (χ4n) is 3.55. The molecule has 10 heteroatoms. The van der Waals surface area contributed by atoms with Crippen LogP contribution in [0.1, 0.15) is 36.8 Å². The number of rotatable bonds is 5. The van der Waals surface area contributed by atoms with E-state index in [1.54, 1.807) is 24.3 Å². The van der Waals surface area contributed by atoms with Crippen molar-refractivity contribution in [3.63, 3.8) is 0 Å². The van der Waals surface area contributed by atoms with Crippen LogP contribution in [0.4, 0.5) is 5.69 Å². The molecule has 2 aromatic carbocycles. The third kappa shape index (κ3) is 3.14. The minimum Gasteiger partial charge on any atom is -0.465 e. The first-order chi connectivity index (χ1) is 15.4. The Morgan fingerprint density at radius 3 is 2.19 bits per heavy atom. The van der Waals surface area contributed by atoms with Crippen LogP contribution in [0, 0.1) is 10.1 Å². The second-order valence-corrected chi connectivity index (χ2v) is 6.71. The molecule has 10 nitrogen and oxygen atoms in total. The summed E-state index contributed by atoms with van der Waals surface area (Å²) in [5.41, 5.74) is -0.603. The average molecular weight is 433 g/mol. The SMILES string of the molecule is COC(=O)c1c(C(=O)OC)c2c3ccccc3cnn2c1C(=O)c1ccc([N+](=O)[O-])cc1. The molecule has 2 aromatic heterocycles. The first-order valence-electron chi connectivity index (χ1n) is 9.27. The molecular weight excluding hydrogens is 418 g/mol. The molecule has 0 aliphatic carbocycles. The highest BCUT2D eigenvalue weighted by Gasteiger charge is 2.34. The van der Waals surface area contributed by atoms with Crippen LogP contribution < -0.4 is 0 Å². The van der Waals surface area contributed by atoms with Gasteiger partial charge in [-0.25, -0.2) is 14.1 Å². The zero-order chi connectivity index (χ0) is 23.0. The maximum atomic E-state index is 13.5. The molecule has 0 radical (unpaired) electrons. The number of benzene rings is 2. The van der Waals surface area contributed by atoms with Crippen LogP contribution in [0.2, 0.25) is 0 Å². The first-order valence-corrected chi connectivity index (χ1v) is 9.27. The van der Waals surface area contributed by atoms with Crippen molar-refractivity contribution in [1.82, 2.24) is 9.61 Å². The number of methoxy groups -OCH3 is 2. The van der Waals surface area contributed by atoms with Crippen LogP contribution in [0.15, 0.2) is 54.7 Å². The maximum absolute atomic E-state index is 13.5. The van der Waals surface area contributed by atoms with E-state index < -0.39 is 22.6 Å². The quantitative estimate of drug-likeness (QED) is 0.203. The number of ketones is 1. The Hall–Kier alpha value is -4.60. The molecule has 0 bridgehead atoms. The summed E-state index contributed by atoms with van der Waals surface area (Å²) in [6, 6.07) is 11.9. The molecule has 4 rings (SSSR count). The standard InChI is InChI=1S/C22H15N3O7/c1-31-21(27)16-17(22(28)32-2)19(20(26)12-7-9-14(10-8-12)25(29)30)24-18(16)15-6-4-3-5-13(15)11-23-24/h3-11H,1-2H3. The molecule has 0 saturated carbocycles. The Morgan fingerprint density at radius 2 is 1.56 bits per heavy atom. The minimum atomic E-state index is -0.926. The molecule has 0 atom stereocenters. The Balaban J connectivity index is 2.10. The first kappa shape index (κ1) is 20.7. The molecule has 0 unspecified atom stereocenters. The molecule has 2 heterocycles. The molecular formula is C22H15N3O7. The Labute approximate surface area is 180 Å². The van der Waals surface area contributed by atoms with Gasteiger partial charge in [-0.15, -0.1) is 0 Å². The lowest BCUT2D eigenvalue weighted by Crippen LogP contribution is -2.15. The van der Waals surface area contributed by atoms with Crippen LogP contribution in [-0.2, 0) is 9.47 Å². The topological polar surface area (TPSA) is 130 Å². The molecule has 4 aromatic rings. The van der Waals surface area contributed by atoms with Gasteiger partial charge in [0.05, 0.1) is 30.9 Å². The molecule has 0 fully saturated rings. The van der Waals surface area contributed by atoms with E-state index in [0.29, 0.717) is 10.8 Å². The van der Waals surface area contributed by atoms with E-state index in [4.69, 9.17) is 9.47 Å². The van der Waals surface area contributed by atoms with E-state index in [1.165, 1.54) is 35.0 Å². The Morgan fingerprint density at radius 1 is 0.938 bits per heavy atom. The van der Waals surface area contributed by atoms with Gasteiger partial charge in [-0.05, 0) is 12.1 Å². The van der Waals surface area contributed by atoms with Crippen LogP contribution >= 0.6 is 0 Å². The summed E-state index contributed by atoms with van der Waals surface area (Å²) in [5, 5.41) is 16.5. The zero-order valence-electron chi connectivity index (χ0n) is 16.9. The van der Waals surface area contributed by atoms with Gasteiger partial charge in [-0.3, -0.25) is 14.9 Å². The van der Waals surface area contributed by atoms with Crippen molar-refractivity contribution in [3.8, 4) is 0 Å². The molecule has 0 N–H and O–H groups in total. The van der Waals surface area contributed by atoms with Crippen LogP contribution in [0.25, 0.3) is 16.3 Å². The highest BCUT2D eigenvalue weighted by atomic mass is 16.6. The number of hydrogen-bond acceptors (Lipinski definition) is 8. The van der Waals surface area contributed by atoms with E-state index in [0.717, 1.165) is 14.2 Å². The highest BCUT2D eigenvalue weighted by molar-refractivity contribution is 6.22. The number of aromatic nitrogens is 2. The van der Waals surface area contributed by atoms with Gasteiger partial charge in [-0.2, -0.15) is 5.10 Å². The molecule has 0 aliphatic rings. The van der Waals surface area contributed by atoms with Gasteiger partial charge >= 0.3 is 11.9 Å². The summed E-state index contributed by atoms with van der Waals surface area (Å²) in [6.07, 6.45) is 1.50. The third-order valence-corrected chi connectivity index (χ3v) is 5.01. The largest absolute Gasteiger partial charge is 0.465 e. The monoisotopic (exact) mass is 433 g/mol. The third-order valence-electron chi connectivity index (χ3n) is 5.01. The summed E-state index contributed by atoms with van der Waals surface area (Å²) in [5.74, 6) is -2.44. The second kappa shape index (κ2) is 7.91. The predicted octanol–water partition coefficient (Wildman–Crippen LogP) is 3.20. The van der Waals surface area contributed by atoms with Crippen molar-refractivity contribution in [2.45, 2.75) is 0 Å². The summed E-state index contributed by atoms with van der Waals surface area (Å²) in [4.78, 5) is 49.3. The van der Waals surface area contributed by atoms with Crippen molar-refractivity contribution < 1.29 is 28.8 Å². The average Bonchev–Trinajstić information content (AvgIpc) is 3.18. The number of carbonyl (C=O) groups excluding carboxylic acids is 3. The maximum Gasteiger partial charge on any atom is 0.341 e. The van der Waals surface area contributed by atoms with Crippen molar-refractivity contribution in [2.75, 3.05) is 14.2 Å². The van der Waals surface area contributed by atoms with Crippen LogP contribution in [0.5, 0.6) is 0 Å². The lowest BCUT2D eigenvalue weighted by Gasteiger charge is -2.05. The molecule has 0 spiro atoms. The lowest BCUT2D eigenvalue weighted by molar-refractivity contribution is -0.384. The summed E-state index contributed by atoms with van der Waals surface area (Å²) in [7, 11) is 2.28.